The molecule has 0 aliphatic carbocycles. The van der Waals surface area contributed by atoms with Gasteiger partial charge in [-0.05, 0) is 66.4 Å². The van der Waals surface area contributed by atoms with Crippen LogP contribution in [0.15, 0.2) is 60.8 Å². The third-order valence-electron chi connectivity index (χ3n) is 3.68. The summed E-state index contributed by atoms with van der Waals surface area (Å²) >= 11 is 0. The van der Waals surface area contributed by atoms with E-state index in [1.54, 1.807) is 48.5 Å². The van der Waals surface area contributed by atoms with Crippen molar-refractivity contribution in [1.82, 2.24) is 5.32 Å². The number of rotatable bonds is 7. The monoisotopic (exact) mass is 353 g/mol. The van der Waals surface area contributed by atoms with Crippen molar-refractivity contribution in [3.8, 4) is 17.2 Å². The topological polar surface area (TPSA) is 107 Å². The van der Waals surface area contributed by atoms with Crippen LogP contribution in [0.4, 0.5) is 4.79 Å². The van der Waals surface area contributed by atoms with E-state index in [2.05, 4.69) is 5.32 Å². The van der Waals surface area contributed by atoms with Crippen LogP contribution >= 0.6 is 0 Å². The highest BCUT2D eigenvalue weighted by molar-refractivity contribution is 6.06. The zero-order chi connectivity index (χ0) is 18.4. The van der Waals surface area contributed by atoms with Crippen LogP contribution in [0.25, 0.3) is 0 Å². The number of hydrogen-bond acceptors (Lipinski definition) is 6. The van der Waals surface area contributed by atoms with Gasteiger partial charge in [0.15, 0.2) is 0 Å². The van der Waals surface area contributed by atoms with Gasteiger partial charge in [-0.25, -0.2) is 4.79 Å². The predicted molar refractivity (Wildman–Crippen MR) is 96.9 cm³/mol. The highest BCUT2D eigenvalue weighted by Gasteiger charge is 2.22. The molecule has 2 aromatic carbocycles. The predicted octanol–water partition coefficient (Wildman–Crippen LogP) is 2.81. The summed E-state index contributed by atoms with van der Waals surface area (Å²) in [6.07, 6.45) is 2.45. The standard InChI is InChI=1S/C19H19N3O4/c20-10-9-18(21)13-1-3-16(4-2-13)26-17-7-5-15(6-8-17)24-11-14-12-25-19(23)22-14/h1-10,14,21H,11-12,20H2,(H,22,23). The van der Waals surface area contributed by atoms with Crippen molar-refractivity contribution in [2.24, 2.45) is 5.73 Å². The maximum absolute atomic E-state index is 10.9. The van der Waals surface area contributed by atoms with E-state index in [4.69, 9.17) is 25.4 Å². The summed E-state index contributed by atoms with van der Waals surface area (Å²) in [7, 11) is 0. The summed E-state index contributed by atoms with van der Waals surface area (Å²) in [6.45, 7) is 0.658. The average molecular weight is 353 g/mol. The van der Waals surface area contributed by atoms with Crippen molar-refractivity contribution in [3.05, 3.63) is 66.4 Å². The Morgan fingerprint density at radius 2 is 1.77 bits per heavy atom. The zero-order valence-corrected chi connectivity index (χ0v) is 14.0. The summed E-state index contributed by atoms with van der Waals surface area (Å²) in [5, 5.41) is 10.5. The van der Waals surface area contributed by atoms with E-state index < -0.39 is 6.09 Å². The van der Waals surface area contributed by atoms with Crippen LogP contribution in [0.2, 0.25) is 0 Å². The molecule has 1 unspecified atom stereocenters. The molecule has 7 heteroatoms. The summed E-state index contributed by atoms with van der Waals surface area (Å²) in [6, 6.07) is 14.2. The number of amides is 1. The molecule has 0 spiro atoms. The highest BCUT2D eigenvalue weighted by Crippen LogP contribution is 2.24. The number of cyclic esters (lactones) is 1. The van der Waals surface area contributed by atoms with E-state index in [1.165, 1.54) is 12.3 Å². The average Bonchev–Trinajstić information content (AvgIpc) is 3.07. The second kappa shape index (κ2) is 8.06. The lowest BCUT2D eigenvalue weighted by atomic mass is 10.1. The molecule has 1 saturated heterocycles. The van der Waals surface area contributed by atoms with Crippen LogP contribution < -0.4 is 20.5 Å². The Hall–Kier alpha value is -3.48. The number of ether oxygens (including phenoxy) is 3. The number of alkyl carbamates (subject to hydrolysis) is 1. The molecule has 0 aromatic heterocycles. The third-order valence-corrected chi connectivity index (χ3v) is 3.68. The number of nitrogens with two attached hydrogens (primary N) is 1. The van der Waals surface area contributed by atoms with Gasteiger partial charge in [-0.3, -0.25) is 0 Å². The zero-order valence-electron chi connectivity index (χ0n) is 14.0. The summed E-state index contributed by atoms with van der Waals surface area (Å²) in [5.41, 5.74) is 6.39. The first kappa shape index (κ1) is 17.3. The molecular formula is C19H19N3O4. The van der Waals surface area contributed by atoms with E-state index >= 15 is 0 Å². The first-order valence-electron chi connectivity index (χ1n) is 8.05. The third kappa shape index (κ3) is 4.54. The summed E-state index contributed by atoms with van der Waals surface area (Å²) in [5.74, 6) is 2.01. The normalized spacial score (nSPS) is 16.2. The van der Waals surface area contributed by atoms with Crippen LogP contribution in [0.3, 0.4) is 0 Å². The summed E-state index contributed by atoms with van der Waals surface area (Å²) in [4.78, 5) is 10.9. The van der Waals surface area contributed by atoms with E-state index in [1.807, 2.05) is 0 Å². The van der Waals surface area contributed by atoms with Gasteiger partial charge in [-0.2, -0.15) is 0 Å². The molecule has 26 heavy (non-hydrogen) atoms. The van der Waals surface area contributed by atoms with Gasteiger partial charge in [0.1, 0.15) is 36.5 Å². The van der Waals surface area contributed by atoms with Gasteiger partial charge in [0.05, 0.1) is 5.71 Å². The van der Waals surface area contributed by atoms with E-state index in [9.17, 15) is 4.79 Å². The fraction of sp³-hybridized carbons (Fsp3) is 0.158. The second-order valence-electron chi connectivity index (χ2n) is 5.62. The van der Waals surface area contributed by atoms with Crippen LogP contribution in [-0.2, 0) is 4.74 Å². The Balaban J connectivity index is 1.53. The maximum Gasteiger partial charge on any atom is 0.407 e. The Morgan fingerprint density at radius 1 is 1.15 bits per heavy atom. The smallest absolute Gasteiger partial charge is 0.407 e. The number of carbonyl (C=O) groups is 1. The molecule has 7 nitrogen and oxygen atoms in total. The quantitative estimate of drug-likeness (QED) is 0.664. The van der Waals surface area contributed by atoms with Crippen molar-refractivity contribution >= 4 is 11.8 Å². The number of allylic oxidation sites excluding steroid dienone is 1. The van der Waals surface area contributed by atoms with Gasteiger partial charge in [0, 0.05) is 0 Å². The summed E-state index contributed by atoms with van der Waals surface area (Å²) < 4.78 is 16.2. The molecule has 3 rings (SSSR count). The van der Waals surface area contributed by atoms with Crippen molar-refractivity contribution in [3.63, 3.8) is 0 Å². The molecule has 1 heterocycles. The van der Waals surface area contributed by atoms with Gasteiger partial charge >= 0.3 is 6.09 Å². The maximum atomic E-state index is 10.9. The Labute approximate surface area is 150 Å². The van der Waals surface area contributed by atoms with Gasteiger partial charge in [0.2, 0.25) is 0 Å². The largest absolute Gasteiger partial charge is 0.491 e. The fourth-order valence-electron chi connectivity index (χ4n) is 2.35. The van der Waals surface area contributed by atoms with Crippen molar-refractivity contribution in [2.45, 2.75) is 6.04 Å². The molecule has 1 amide bonds. The lowest BCUT2D eigenvalue weighted by Crippen LogP contribution is -2.32. The number of nitrogens with one attached hydrogen (secondary N) is 2. The van der Waals surface area contributed by atoms with E-state index in [-0.39, 0.29) is 6.04 Å². The van der Waals surface area contributed by atoms with Crippen LogP contribution in [0.5, 0.6) is 17.2 Å². The van der Waals surface area contributed by atoms with Gasteiger partial charge < -0.3 is 30.7 Å². The lowest BCUT2D eigenvalue weighted by Gasteiger charge is -2.11. The minimum absolute atomic E-state index is 0.134. The Kier molecular flexibility index (Phi) is 5.38. The molecule has 2 aromatic rings. The van der Waals surface area contributed by atoms with E-state index in [0.717, 1.165) is 5.56 Å². The number of benzene rings is 2. The molecule has 4 N–H and O–H groups in total. The fourth-order valence-corrected chi connectivity index (χ4v) is 2.35. The molecule has 0 radical (unpaired) electrons. The Morgan fingerprint density at radius 3 is 2.35 bits per heavy atom. The van der Waals surface area contributed by atoms with E-state index in [0.29, 0.717) is 36.2 Å². The van der Waals surface area contributed by atoms with Crippen molar-refractivity contribution in [2.75, 3.05) is 13.2 Å². The molecule has 0 saturated carbocycles. The van der Waals surface area contributed by atoms with Gasteiger partial charge in [0.25, 0.3) is 0 Å². The Bertz CT molecular complexity index is 801. The first-order valence-corrected chi connectivity index (χ1v) is 8.05. The minimum atomic E-state index is -0.414. The SMILES string of the molecule is N=C(C=CN)c1ccc(Oc2ccc(OCC3COC(=O)N3)cc2)cc1. The molecule has 1 aliphatic rings. The van der Waals surface area contributed by atoms with Crippen molar-refractivity contribution < 1.29 is 19.0 Å². The lowest BCUT2D eigenvalue weighted by molar-refractivity contribution is 0.174. The van der Waals surface area contributed by atoms with Gasteiger partial charge in [-0.1, -0.05) is 0 Å². The number of hydrogen-bond donors (Lipinski definition) is 3. The second-order valence-corrected chi connectivity index (χ2v) is 5.62. The van der Waals surface area contributed by atoms with Gasteiger partial charge in [-0.15, -0.1) is 0 Å². The molecule has 134 valence electrons. The molecule has 0 bridgehead atoms. The van der Waals surface area contributed by atoms with Crippen LogP contribution in [0.1, 0.15) is 5.56 Å². The first-order chi connectivity index (χ1) is 12.6. The van der Waals surface area contributed by atoms with Crippen LogP contribution in [0, 0.1) is 5.41 Å². The van der Waals surface area contributed by atoms with Crippen LogP contribution in [-0.4, -0.2) is 31.1 Å². The molecule has 1 atom stereocenters. The van der Waals surface area contributed by atoms with Crippen molar-refractivity contribution in [1.29, 1.82) is 5.41 Å². The molecule has 1 fully saturated rings. The number of carbonyl (C=O) groups excluding carboxylic acids is 1. The molecule has 1 aliphatic heterocycles. The minimum Gasteiger partial charge on any atom is -0.491 e. The molecular weight excluding hydrogens is 334 g/mol. The highest BCUT2D eigenvalue weighted by atomic mass is 16.6.